The molecule has 3 N–H and O–H groups in total. The molecule has 0 spiro atoms. The molecular formula is C22H21N5O3S. The molecule has 2 aromatic heterocycles. The van der Waals surface area contributed by atoms with Crippen LogP contribution in [0.5, 0.6) is 5.75 Å². The summed E-state index contributed by atoms with van der Waals surface area (Å²) >= 11 is 1.46. The van der Waals surface area contributed by atoms with E-state index in [1.165, 1.54) is 23.9 Å². The Balaban J connectivity index is 1.45. The van der Waals surface area contributed by atoms with Crippen LogP contribution in [0.3, 0.4) is 0 Å². The fourth-order valence-electron chi connectivity index (χ4n) is 3.12. The van der Waals surface area contributed by atoms with Gasteiger partial charge >= 0.3 is 0 Å². The maximum Gasteiger partial charge on any atom is 0.248 e. The third kappa shape index (κ3) is 4.61. The standard InChI is InChI=1S/C22H21N5O3S/c1-13-4-3-5-16(8-13)30-11-20-25-26-22(27(20)2)31-12-15-10-19(28)17-9-14(21(23)29)6-7-18(17)24-15/h3-10H,11-12H2,1-2H3,(H2,23,29)(H,24,28). The summed E-state index contributed by atoms with van der Waals surface area (Å²) in [5.74, 6) is 1.43. The van der Waals surface area contributed by atoms with Gasteiger partial charge in [-0.2, -0.15) is 0 Å². The summed E-state index contributed by atoms with van der Waals surface area (Å²) in [4.78, 5) is 27.0. The first-order valence-corrected chi connectivity index (χ1v) is 10.6. The van der Waals surface area contributed by atoms with Gasteiger partial charge in [0.25, 0.3) is 0 Å². The molecule has 158 valence electrons. The number of hydrogen-bond acceptors (Lipinski definition) is 6. The summed E-state index contributed by atoms with van der Waals surface area (Å²) in [6.07, 6.45) is 0. The van der Waals surface area contributed by atoms with Gasteiger partial charge in [-0.25, -0.2) is 0 Å². The highest BCUT2D eigenvalue weighted by atomic mass is 32.2. The van der Waals surface area contributed by atoms with Gasteiger partial charge in [0.1, 0.15) is 12.4 Å². The normalized spacial score (nSPS) is 11.0. The number of carbonyl (C=O) groups excluding carboxylic acids is 1. The SMILES string of the molecule is Cc1cccc(OCc2nnc(SCc3cc(=O)c4cc(C(N)=O)ccc4[nH]3)n2C)c1. The Morgan fingerprint density at radius 1 is 1.19 bits per heavy atom. The number of aryl methyl sites for hydroxylation is 1. The van der Waals surface area contributed by atoms with Gasteiger partial charge in [-0.15, -0.1) is 10.2 Å². The number of nitrogens with zero attached hydrogens (tertiary/aromatic N) is 3. The number of nitrogens with one attached hydrogen (secondary N) is 1. The lowest BCUT2D eigenvalue weighted by atomic mass is 10.1. The molecule has 1 amide bonds. The number of rotatable bonds is 7. The Kier molecular flexibility index (Phi) is 5.77. The number of pyridine rings is 1. The number of carbonyl (C=O) groups is 1. The maximum absolute atomic E-state index is 12.5. The van der Waals surface area contributed by atoms with E-state index < -0.39 is 5.91 Å². The molecule has 0 saturated carbocycles. The molecule has 0 aliphatic carbocycles. The van der Waals surface area contributed by atoms with Crippen molar-refractivity contribution in [1.82, 2.24) is 19.7 Å². The Labute approximate surface area is 182 Å². The van der Waals surface area contributed by atoms with Crippen LogP contribution in [0, 0.1) is 6.92 Å². The van der Waals surface area contributed by atoms with E-state index in [2.05, 4.69) is 15.2 Å². The summed E-state index contributed by atoms with van der Waals surface area (Å²) in [7, 11) is 1.88. The minimum atomic E-state index is -0.564. The second-order valence-electron chi connectivity index (χ2n) is 7.14. The highest BCUT2D eigenvalue weighted by Gasteiger charge is 2.12. The molecule has 0 saturated heterocycles. The van der Waals surface area contributed by atoms with Crippen LogP contribution in [-0.2, 0) is 19.4 Å². The summed E-state index contributed by atoms with van der Waals surface area (Å²) in [6, 6.07) is 14.2. The van der Waals surface area contributed by atoms with Gasteiger partial charge in [-0.3, -0.25) is 9.59 Å². The number of fused-ring (bicyclic) bond motifs is 1. The zero-order chi connectivity index (χ0) is 22.0. The molecule has 2 aromatic carbocycles. The predicted molar refractivity (Wildman–Crippen MR) is 119 cm³/mol. The summed E-state index contributed by atoms with van der Waals surface area (Å²) in [5.41, 5.74) is 7.96. The van der Waals surface area contributed by atoms with Crippen LogP contribution in [0.15, 0.2) is 58.5 Å². The maximum atomic E-state index is 12.5. The third-order valence-electron chi connectivity index (χ3n) is 4.81. The van der Waals surface area contributed by atoms with Gasteiger partial charge in [0.2, 0.25) is 5.91 Å². The first kappa shape index (κ1) is 20.7. The predicted octanol–water partition coefficient (Wildman–Crippen LogP) is 2.94. The molecule has 8 nitrogen and oxygen atoms in total. The third-order valence-corrected chi connectivity index (χ3v) is 5.88. The second kappa shape index (κ2) is 8.65. The molecule has 2 heterocycles. The summed E-state index contributed by atoms with van der Waals surface area (Å²) in [5, 5.41) is 9.59. The van der Waals surface area contributed by atoms with Crippen LogP contribution in [0.25, 0.3) is 10.9 Å². The molecule has 4 aromatic rings. The van der Waals surface area contributed by atoms with Gasteiger partial charge in [0, 0.05) is 41.0 Å². The van der Waals surface area contributed by atoms with Crippen molar-refractivity contribution >= 4 is 28.6 Å². The van der Waals surface area contributed by atoms with Gasteiger partial charge in [-0.05, 0) is 42.8 Å². The van der Waals surface area contributed by atoms with Crippen molar-refractivity contribution in [2.45, 2.75) is 24.4 Å². The van der Waals surface area contributed by atoms with Crippen LogP contribution in [0.4, 0.5) is 0 Å². The number of nitrogens with two attached hydrogens (primary N) is 1. The summed E-state index contributed by atoms with van der Waals surface area (Å²) < 4.78 is 7.68. The number of amides is 1. The van der Waals surface area contributed by atoms with Gasteiger partial charge in [-0.1, -0.05) is 23.9 Å². The van der Waals surface area contributed by atoms with Crippen molar-refractivity contribution in [1.29, 1.82) is 0 Å². The van der Waals surface area contributed by atoms with Crippen molar-refractivity contribution in [3.63, 3.8) is 0 Å². The number of aromatic amines is 1. The van der Waals surface area contributed by atoms with Crippen molar-refractivity contribution in [2.24, 2.45) is 12.8 Å². The average molecular weight is 436 g/mol. The number of ether oxygens (including phenoxy) is 1. The molecule has 0 bridgehead atoms. The lowest BCUT2D eigenvalue weighted by Gasteiger charge is -2.08. The molecule has 0 unspecified atom stereocenters. The van der Waals surface area contributed by atoms with Crippen LogP contribution in [-0.4, -0.2) is 25.7 Å². The average Bonchev–Trinajstić information content (AvgIpc) is 3.10. The monoisotopic (exact) mass is 435 g/mol. The minimum Gasteiger partial charge on any atom is -0.486 e. The summed E-state index contributed by atoms with van der Waals surface area (Å²) in [6.45, 7) is 2.32. The Hall–Kier alpha value is -3.59. The van der Waals surface area contributed by atoms with Crippen LogP contribution < -0.4 is 15.9 Å². The van der Waals surface area contributed by atoms with Crippen molar-refractivity contribution < 1.29 is 9.53 Å². The lowest BCUT2D eigenvalue weighted by Crippen LogP contribution is -2.12. The van der Waals surface area contributed by atoms with E-state index in [-0.39, 0.29) is 5.43 Å². The van der Waals surface area contributed by atoms with E-state index in [1.807, 2.05) is 42.8 Å². The zero-order valence-electron chi connectivity index (χ0n) is 17.1. The largest absolute Gasteiger partial charge is 0.486 e. The Morgan fingerprint density at radius 2 is 2.03 bits per heavy atom. The highest BCUT2D eigenvalue weighted by molar-refractivity contribution is 7.98. The molecule has 4 rings (SSSR count). The number of H-pyrrole nitrogens is 1. The molecule has 0 atom stereocenters. The first-order chi connectivity index (χ1) is 14.9. The molecule has 0 aliphatic rings. The van der Waals surface area contributed by atoms with Crippen molar-refractivity contribution in [3.05, 3.63) is 81.4 Å². The van der Waals surface area contributed by atoms with E-state index in [9.17, 15) is 9.59 Å². The fourth-order valence-corrected chi connectivity index (χ4v) is 3.96. The molecule has 0 aliphatic heterocycles. The van der Waals surface area contributed by atoms with E-state index in [0.717, 1.165) is 17.0 Å². The minimum absolute atomic E-state index is 0.169. The van der Waals surface area contributed by atoms with Gasteiger partial charge in [0.15, 0.2) is 16.4 Å². The molecule has 0 fully saturated rings. The number of hydrogen-bond donors (Lipinski definition) is 2. The second-order valence-corrected chi connectivity index (χ2v) is 8.08. The lowest BCUT2D eigenvalue weighted by molar-refractivity contribution is 0.100. The number of benzene rings is 2. The van der Waals surface area contributed by atoms with Crippen LogP contribution in [0.1, 0.15) is 27.4 Å². The fraction of sp³-hybridized carbons (Fsp3) is 0.182. The number of thioether (sulfide) groups is 1. The number of primary amides is 1. The van der Waals surface area contributed by atoms with E-state index >= 15 is 0 Å². The Morgan fingerprint density at radius 3 is 2.81 bits per heavy atom. The molecule has 9 heteroatoms. The highest BCUT2D eigenvalue weighted by Crippen LogP contribution is 2.22. The molecular weight excluding hydrogens is 414 g/mol. The molecule has 31 heavy (non-hydrogen) atoms. The van der Waals surface area contributed by atoms with E-state index in [1.54, 1.807) is 12.1 Å². The quantitative estimate of drug-likeness (QED) is 0.431. The van der Waals surface area contributed by atoms with Crippen LogP contribution in [0.2, 0.25) is 0 Å². The number of aromatic nitrogens is 4. The van der Waals surface area contributed by atoms with Gasteiger partial charge in [0.05, 0.1) is 0 Å². The Bertz CT molecular complexity index is 1330. The first-order valence-electron chi connectivity index (χ1n) is 9.57. The van der Waals surface area contributed by atoms with Crippen molar-refractivity contribution in [2.75, 3.05) is 0 Å². The van der Waals surface area contributed by atoms with Gasteiger partial charge < -0.3 is 20.0 Å². The van der Waals surface area contributed by atoms with E-state index in [4.69, 9.17) is 10.5 Å². The topological polar surface area (TPSA) is 116 Å². The van der Waals surface area contributed by atoms with Crippen molar-refractivity contribution in [3.8, 4) is 5.75 Å². The zero-order valence-corrected chi connectivity index (χ0v) is 17.9. The van der Waals surface area contributed by atoms with E-state index in [0.29, 0.717) is 39.8 Å². The smallest absolute Gasteiger partial charge is 0.248 e. The van der Waals surface area contributed by atoms with Crippen LogP contribution >= 0.6 is 11.8 Å². The molecule has 0 radical (unpaired) electrons.